The molecule has 4 aromatic carbocycles. The van der Waals surface area contributed by atoms with Crippen molar-refractivity contribution in [3.63, 3.8) is 0 Å². The van der Waals surface area contributed by atoms with Crippen LogP contribution in [0.4, 0.5) is 4.39 Å². The highest BCUT2D eigenvalue weighted by molar-refractivity contribution is 6.33. The van der Waals surface area contributed by atoms with Crippen LogP contribution in [0, 0.1) is 12.7 Å². The first kappa shape index (κ1) is 42.2. The van der Waals surface area contributed by atoms with Crippen LogP contribution in [0.3, 0.4) is 0 Å². The third kappa shape index (κ3) is 9.35. The lowest BCUT2D eigenvalue weighted by Crippen LogP contribution is -2.45. The molecular weight excluding hydrogens is 813 g/mol. The van der Waals surface area contributed by atoms with Gasteiger partial charge in [0.25, 0.3) is 0 Å². The lowest BCUT2D eigenvalue weighted by atomic mass is 9.95. The molecule has 1 unspecified atom stereocenters. The Kier molecular flexibility index (Phi) is 12.9. The summed E-state index contributed by atoms with van der Waals surface area (Å²) >= 11 is 7.04. The Balaban J connectivity index is 1.08. The third-order valence-corrected chi connectivity index (χ3v) is 11.4. The number of hydrogen-bond donors (Lipinski definition) is 1. The lowest BCUT2D eigenvalue weighted by molar-refractivity contribution is -0.145. The third-order valence-electron chi connectivity index (χ3n) is 10.9. The number of carbonyl (C=O) groups is 1. The molecule has 0 amide bonds. The standard InChI is InChI=1S/C48H45ClFN5O7/c1-30-35(16-17-40(44(30)49)59-27-26-55-24-22-54(2)23-25-55)42-43-39(61-45(42)31-12-14-33(50)15-13-31)19-21-52-47(43)62-41(48(56)57)28-32-8-4-6-10-37(32)60-29-34-18-20-51-46(53-34)36-9-5-7-11-38(36)58-3/h4-21,41H,22-29H2,1-3H3,(H,56,57). The van der Waals surface area contributed by atoms with Crippen LogP contribution in [-0.2, 0) is 17.8 Å². The average molecular weight is 858 g/mol. The van der Waals surface area contributed by atoms with Gasteiger partial charge in [-0.1, -0.05) is 48.0 Å². The van der Waals surface area contributed by atoms with Crippen LogP contribution in [0.2, 0.25) is 5.02 Å². The van der Waals surface area contributed by atoms with Crippen LogP contribution in [0.1, 0.15) is 16.8 Å². The predicted molar refractivity (Wildman–Crippen MR) is 235 cm³/mol. The van der Waals surface area contributed by atoms with Gasteiger partial charge in [-0.05, 0) is 85.3 Å². The normalized spacial score (nSPS) is 13.8. The van der Waals surface area contributed by atoms with Gasteiger partial charge in [-0.2, -0.15) is 0 Å². The Morgan fingerprint density at radius 3 is 2.39 bits per heavy atom. The van der Waals surface area contributed by atoms with Gasteiger partial charge in [-0.3, -0.25) is 4.90 Å². The number of carboxylic acids is 1. The summed E-state index contributed by atoms with van der Waals surface area (Å²) in [6, 6.07) is 27.7. The lowest BCUT2D eigenvalue weighted by Gasteiger charge is -2.32. The fraction of sp³-hybridized carbons (Fsp3) is 0.250. The van der Waals surface area contributed by atoms with E-state index in [4.69, 9.17) is 39.9 Å². The molecule has 1 saturated heterocycles. The molecule has 0 bridgehead atoms. The summed E-state index contributed by atoms with van der Waals surface area (Å²) < 4.78 is 45.0. The Morgan fingerprint density at radius 2 is 1.61 bits per heavy atom. The average Bonchev–Trinajstić information content (AvgIpc) is 3.68. The van der Waals surface area contributed by atoms with E-state index in [-0.39, 0.29) is 18.9 Å². The van der Waals surface area contributed by atoms with Crippen molar-refractivity contribution >= 4 is 28.5 Å². The molecule has 1 fully saturated rings. The number of hydrogen-bond acceptors (Lipinski definition) is 11. The van der Waals surface area contributed by atoms with Crippen molar-refractivity contribution in [2.75, 3.05) is 53.5 Å². The summed E-state index contributed by atoms with van der Waals surface area (Å²) in [5.41, 5.74) is 4.86. The Labute approximate surface area is 363 Å². The summed E-state index contributed by atoms with van der Waals surface area (Å²) in [6.45, 7) is 7.19. The van der Waals surface area contributed by atoms with Crippen molar-refractivity contribution in [3.8, 4) is 57.0 Å². The highest BCUT2D eigenvalue weighted by atomic mass is 35.5. The number of furan rings is 1. The van der Waals surface area contributed by atoms with E-state index in [1.165, 1.54) is 18.3 Å². The molecule has 0 spiro atoms. The van der Waals surface area contributed by atoms with Gasteiger partial charge in [0.05, 0.1) is 28.8 Å². The number of ether oxygens (including phenoxy) is 4. The number of halogens is 2. The number of para-hydroxylation sites is 2. The Bertz CT molecular complexity index is 2690. The number of piperazine rings is 1. The highest BCUT2D eigenvalue weighted by Crippen LogP contribution is 2.47. The molecule has 62 heavy (non-hydrogen) atoms. The van der Waals surface area contributed by atoms with Gasteiger partial charge in [0.1, 0.15) is 47.6 Å². The van der Waals surface area contributed by atoms with Crippen molar-refractivity contribution in [2.24, 2.45) is 0 Å². The molecule has 1 aliphatic rings. The van der Waals surface area contributed by atoms with Gasteiger partial charge in [0.15, 0.2) is 5.82 Å². The molecular formula is C48H45ClFN5O7. The van der Waals surface area contributed by atoms with Gasteiger partial charge in [-0.25, -0.2) is 24.1 Å². The molecule has 1 atom stereocenters. The molecule has 1 aliphatic heterocycles. The summed E-state index contributed by atoms with van der Waals surface area (Å²) in [5.74, 6) is 0.954. The first-order chi connectivity index (χ1) is 30.2. The van der Waals surface area contributed by atoms with Crippen LogP contribution in [-0.4, -0.2) is 95.4 Å². The molecule has 8 rings (SSSR count). The first-order valence-electron chi connectivity index (χ1n) is 20.2. The molecule has 4 heterocycles. The molecule has 318 valence electrons. The number of pyridine rings is 1. The summed E-state index contributed by atoms with van der Waals surface area (Å²) in [7, 11) is 3.72. The first-order valence-corrected chi connectivity index (χ1v) is 20.6. The smallest absolute Gasteiger partial charge is 0.345 e. The van der Waals surface area contributed by atoms with E-state index in [2.05, 4.69) is 26.8 Å². The predicted octanol–water partition coefficient (Wildman–Crippen LogP) is 9.01. The summed E-state index contributed by atoms with van der Waals surface area (Å²) in [4.78, 5) is 31.3. The number of likely N-dealkylation sites (N-methyl/N-ethyl adjacent to an activating group) is 1. The largest absolute Gasteiger partial charge is 0.496 e. The van der Waals surface area contributed by atoms with Crippen molar-refractivity contribution in [2.45, 2.75) is 26.1 Å². The van der Waals surface area contributed by atoms with E-state index >= 15 is 0 Å². The van der Waals surface area contributed by atoms with E-state index in [0.717, 1.165) is 38.3 Å². The number of nitrogens with zero attached hydrogens (tertiary/aromatic N) is 5. The number of carboxylic acid groups (broad SMARTS) is 1. The Morgan fingerprint density at radius 1 is 0.871 bits per heavy atom. The van der Waals surface area contributed by atoms with Crippen LogP contribution in [0.5, 0.6) is 23.1 Å². The molecule has 1 N–H and O–H groups in total. The van der Waals surface area contributed by atoms with E-state index in [1.807, 2.05) is 49.4 Å². The minimum atomic E-state index is -1.40. The zero-order valence-corrected chi connectivity index (χ0v) is 35.3. The van der Waals surface area contributed by atoms with E-state index in [9.17, 15) is 14.3 Å². The van der Waals surface area contributed by atoms with Crippen molar-refractivity contribution in [1.29, 1.82) is 0 Å². The monoisotopic (exact) mass is 857 g/mol. The van der Waals surface area contributed by atoms with Crippen LogP contribution in [0.25, 0.3) is 44.8 Å². The van der Waals surface area contributed by atoms with Crippen LogP contribution >= 0.6 is 11.6 Å². The van der Waals surface area contributed by atoms with Crippen molar-refractivity contribution in [3.05, 3.63) is 137 Å². The van der Waals surface area contributed by atoms with Gasteiger partial charge in [0, 0.05) is 68.7 Å². The van der Waals surface area contributed by atoms with E-state index in [0.29, 0.717) is 84.9 Å². The minimum Gasteiger partial charge on any atom is -0.496 e. The SMILES string of the molecule is COc1ccccc1-c1nccc(COc2ccccc2CC(Oc2nccc3oc(-c4ccc(F)cc4)c(-c4ccc(OCCN5CCN(C)CC5)c(Cl)c4C)c23)C(=O)O)n1. The molecule has 7 aromatic rings. The fourth-order valence-corrected chi connectivity index (χ4v) is 7.70. The van der Waals surface area contributed by atoms with Gasteiger partial charge < -0.3 is 33.4 Å². The van der Waals surface area contributed by atoms with E-state index < -0.39 is 17.9 Å². The number of rotatable bonds is 16. The second-order valence-electron chi connectivity index (χ2n) is 15.0. The van der Waals surface area contributed by atoms with Gasteiger partial charge in [0.2, 0.25) is 12.0 Å². The number of benzene rings is 4. The fourth-order valence-electron chi connectivity index (χ4n) is 7.48. The minimum absolute atomic E-state index is 0.0355. The summed E-state index contributed by atoms with van der Waals surface area (Å²) in [5, 5.41) is 11.5. The van der Waals surface area contributed by atoms with Crippen molar-refractivity contribution in [1.82, 2.24) is 24.8 Å². The topological polar surface area (TPSA) is 133 Å². The second kappa shape index (κ2) is 19.0. The highest BCUT2D eigenvalue weighted by Gasteiger charge is 2.29. The maximum atomic E-state index is 14.2. The maximum absolute atomic E-state index is 14.2. The van der Waals surface area contributed by atoms with E-state index in [1.54, 1.807) is 55.8 Å². The Hall–Kier alpha value is -6.54. The van der Waals surface area contributed by atoms with Crippen LogP contribution in [0.15, 0.2) is 114 Å². The number of aliphatic carboxylic acids is 1. The molecule has 0 saturated carbocycles. The molecule has 3 aromatic heterocycles. The zero-order chi connectivity index (χ0) is 43.2. The quantitative estimate of drug-likeness (QED) is 0.0995. The number of methoxy groups -OCH3 is 1. The maximum Gasteiger partial charge on any atom is 0.345 e. The summed E-state index contributed by atoms with van der Waals surface area (Å²) in [6.07, 6.45) is 1.68. The molecule has 0 radical (unpaired) electrons. The second-order valence-corrected chi connectivity index (χ2v) is 15.3. The molecule has 14 heteroatoms. The van der Waals surface area contributed by atoms with Crippen LogP contribution < -0.4 is 18.9 Å². The number of aromatic nitrogens is 3. The molecule has 12 nitrogen and oxygen atoms in total. The van der Waals surface area contributed by atoms with Gasteiger partial charge in [-0.15, -0.1) is 0 Å². The number of fused-ring (bicyclic) bond motifs is 1. The zero-order valence-electron chi connectivity index (χ0n) is 34.5. The van der Waals surface area contributed by atoms with Crippen molar-refractivity contribution < 1.29 is 37.7 Å². The molecule has 0 aliphatic carbocycles. The van der Waals surface area contributed by atoms with Gasteiger partial charge >= 0.3 is 5.97 Å².